The van der Waals surface area contributed by atoms with E-state index in [1.54, 1.807) is 14.2 Å². The summed E-state index contributed by atoms with van der Waals surface area (Å²) in [6.45, 7) is 1.91. The molecule has 0 saturated carbocycles. The lowest BCUT2D eigenvalue weighted by atomic mass is 10.3. The Labute approximate surface area is 140 Å². The molecule has 0 aromatic carbocycles. The summed E-state index contributed by atoms with van der Waals surface area (Å²) in [5.74, 6) is -1.84. The quantitative estimate of drug-likeness (QED) is 0.216. The Morgan fingerprint density at radius 1 is 0.625 bits per heavy atom. The number of carbonyl (C=O) groups is 2. The first-order valence-electron chi connectivity index (χ1n) is 7.27. The van der Waals surface area contributed by atoms with Crippen molar-refractivity contribution in [3.63, 3.8) is 0 Å². The van der Waals surface area contributed by atoms with E-state index in [0.29, 0.717) is 26.4 Å². The molecule has 0 unspecified atom stereocenters. The van der Waals surface area contributed by atoms with Gasteiger partial charge in [-0.2, -0.15) is 0 Å². The van der Waals surface area contributed by atoms with Gasteiger partial charge in [-0.1, -0.05) is 0 Å². The highest BCUT2D eigenvalue weighted by molar-refractivity contribution is 5.98. The summed E-state index contributed by atoms with van der Waals surface area (Å²) >= 11 is 0. The van der Waals surface area contributed by atoms with Crippen LogP contribution in [0.1, 0.15) is 0 Å². The van der Waals surface area contributed by atoms with Crippen LogP contribution in [0.5, 0.6) is 0 Å². The van der Waals surface area contributed by atoms with Crippen LogP contribution >= 0.6 is 0 Å². The Morgan fingerprint density at radius 2 is 0.958 bits per heavy atom. The molecule has 0 saturated heterocycles. The van der Waals surface area contributed by atoms with Crippen molar-refractivity contribution in [1.29, 1.82) is 0 Å². The number of rotatable bonds is 14. The molecular weight excluding hydrogens is 324 g/mol. The van der Waals surface area contributed by atoms with Gasteiger partial charge in [0, 0.05) is 14.2 Å². The highest BCUT2D eigenvalue weighted by Gasteiger charge is 2.18. The van der Waals surface area contributed by atoms with Crippen LogP contribution in [0.2, 0.25) is 0 Å². The third-order valence-corrected chi connectivity index (χ3v) is 2.52. The first kappa shape index (κ1) is 22.1. The van der Waals surface area contributed by atoms with Crippen LogP contribution in [0.3, 0.4) is 0 Å². The molecule has 0 aromatic rings. The summed E-state index contributed by atoms with van der Waals surface area (Å²) < 4.78 is 29.4. The molecule has 10 nitrogen and oxygen atoms in total. The van der Waals surface area contributed by atoms with E-state index < -0.39 is 23.3 Å². The number of methoxy groups -OCH3 is 2. The molecule has 4 N–H and O–H groups in total. The fourth-order valence-electron chi connectivity index (χ4n) is 1.25. The van der Waals surface area contributed by atoms with Gasteiger partial charge in [0.25, 0.3) is 0 Å². The Kier molecular flexibility index (Phi) is 13.5. The highest BCUT2D eigenvalue weighted by atomic mass is 16.6. The van der Waals surface area contributed by atoms with Gasteiger partial charge in [-0.3, -0.25) is 0 Å². The standard InChI is InChI=1S/C14H26N2O8/c1-19-3-5-21-7-9-23-13(17)11(15)12(16)14(18)24-10-8-22-6-4-20-2/h3-10,15-16H2,1-2H3/b12-11-. The minimum Gasteiger partial charge on any atom is -0.459 e. The maximum Gasteiger partial charge on any atom is 0.356 e. The van der Waals surface area contributed by atoms with Crippen molar-refractivity contribution in [2.45, 2.75) is 0 Å². The molecule has 0 aliphatic heterocycles. The minimum absolute atomic E-state index is 0.0289. The van der Waals surface area contributed by atoms with Gasteiger partial charge in [0.05, 0.1) is 39.6 Å². The van der Waals surface area contributed by atoms with E-state index in [2.05, 4.69) is 0 Å². The SMILES string of the molecule is COCCOCCOC(=O)/C(N)=C(/N)C(=O)OCCOCCOC. The molecule has 140 valence electrons. The zero-order chi connectivity index (χ0) is 18.2. The zero-order valence-corrected chi connectivity index (χ0v) is 14.1. The molecule has 0 aliphatic carbocycles. The molecule has 10 heteroatoms. The number of carbonyl (C=O) groups excluding carboxylic acids is 2. The molecule has 0 rings (SSSR count). The summed E-state index contributed by atoms with van der Waals surface area (Å²) in [5, 5.41) is 0. The fraction of sp³-hybridized carbons (Fsp3) is 0.714. The molecule has 0 bridgehead atoms. The number of nitrogens with two attached hydrogens (primary N) is 2. The Hall–Kier alpha value is -1.88. The van der Waals surface area contributed by atoms with Crippen LogP contribution < -0.4 is 11.5 Å². The molecule has 0 amide bonds. The fourth-order valence-corrected chi connectivity index (χ4v) is 1.25. The van der Waals surface area contributed by atoms with Gasteiger partial charge in [0.1, 0.15) is 24.6 Å². The monoisotopic (exact) mass is 350 g/mol. The van der Waals surface area contributed by atoms with E-state index in [1.165, 1.54) is 0 Å². The predicted octanol–water partition coefficient (Wildman–Crippen LogP) is -1.47. The van der Waals surface area contributed by atoms with Gasteiger partial charge in [-0.15, -0.1) is 0 Å². The van der Waals surface area contributed by atoms with Crippen molar-refractivity contribution >= 4 is 11.9 Å². The number of ether oxygens (including phenoxy) is 6. The second kappa shape index (κ2) is 14.7. The molecule has 0 aromatic heterocycles. The lowest BCUT2D eigenvalue weighted by molar-refractivity contribution is -0.144. The predicted molar refractivity (Wildman–Crippen MR) is 82.7 cm³/mol. The summed E-state index contributed by atoms with van der Waals surface area (Å²) in [5.41, 5.74) is 9.90. The molecule has 0 radical (unpaired) electrons. The van der Waals surface area contributed by atoms with Gasteiger partial charge in [0.2, 0.25) is 0 Å². The molecule has 24 heavy (non-hydrogen) atoms. The molecule has 0 spiro atoms. The highest BCUT2D eigenvalue weighted by Crippen LogP contribution is 1.98. The van der Waals surface area contributed by atoms with Crippen LogP contribution in [0.4, 0.5) is 0 Å². The van der Waals surface area contributed by atoms with Gasteiger partial charge in [-0.25, -0.2) is 9.59 Å². The molecular formula is C14H26N2O8. The second-order valence-corrected chi connectivity index (χ2v) is 4.31. The van der Waals surface area contributed by atoms with Crippen LogP contribution in [0.15, 0.2) is 11.4 Å². The minimum atomic E-state index is -0.920. The van der Waals surface area contributed by atoms with E-state index in [1.807, 2.05) is 0 Å². The Bertz CT molecular complexity index is 364. The Morgan fingerprint density at radius 3 is 1.29 bits per heavy atom. The summed E-state index contributed by atoms with van der Waals surface area (Å²) in [6, 6.07) is 0. The third-order valence-electron chi connectivity index (χ3n) is 2.52. The average molecular weight is 350 g/mol. The first-order chi connectivity index (χ1) is 11.5. The first-order valence-corrected chi connectivity index (χ1v) is 7.27. The lowest BCUT2D eigenvalue weighted by Crippen LogP contribution is -2.27. The van der Waals surface area contributed by atoms with Crippen LogP contribution in [0, 0.1) is 0 Å². The molecule has 0 heterocycles. The van der Waals surface area contributed by atoms with Crippen molar-refractivity contribution in [3.05, 3.63) is 11.4 Å². The van der Waals surface area contributed by atoms with Crippen LogP contribution in [-0.2, 0) is 38.0 Å². The maximum absolute atomic E-state index is 11.6. The molecule has 0 aliphatic rings. The zero-order valence-electron chi connectivity index (χ0n) is 14.1. The maximum atomic E-state index is 11.6. The van der Waals surface area contributed by atoms with E-state index in [4.69, 9.17) is 39.9 Å². The third kappa shape index (κ3) is 10.8. The molecule has 0 atom stereocenters. The lowest BCUT2D eigenvalue weighted by Gasteiger charge is -2.09. The topological polar surface area (TPSA) is 142 Å². The van der Waals surface area contributed by atoms with Crippen molar-refractivity contribution in [1.82, 2.24) is 0 Å². The van der Waals surface area contributed by atoms with Gasteiger partial charge >= 0.3 is 11.9 Å². The normalized spacial score (nSPS) is 11.8. The number of hydrogen-bond donors (Lipinski definition) is 2. The van der Waals surface area contributed by atoms with Crippen molar-refractivity contribution < 1.29 is 38.0 Å². The second-order valence-electron chi connectivity index (χ2n) is 4.31. The van der Waals surface area contributed by atoms with Crippen LogP contribution in [-0.4, -0.2) is 79.0 Å². The summed E-state index contributed by atoms with van der Waals surface area (Å²) in [6.07, 6.45) is 0. The van der Waals surface area contributed by atoms with Crippen LogP contribution in [0.25, 0.3) is 0 Å². The van der Waals surface area contributed by atoms with E-state index in [9.17, 15) is 9.59 Å². The van der Waals surface area contributed by atoms with Crippen molar-refractivity contribution in [2.24, 2.45) is 11.5 Å². The van der Waals surface area contributed by atoms with E-state index in [0.717, 1.165) is 0 Å². The van der Waals surface area contributed by atoms with Crippen molar-refractivity contribution in [2.75, 3.05) is 67.1 Å². The number of esters is 2. The molecule has 0 fully saturated rings. The summed E-state index contributed by atoms with van der Waals surface area (Å²) in [4.78, 5) is 23.2. The average Bonchev–Trinajstić information content (AvgIpc) is 2.59. The largest absolute Gasteiger partial charge is 0.459 e. The summed E-state index contributed by atoms with van der Waals surface area (Å²) in [7, 11) is 3.09. The van der Waals surface area contributed by atoms with E-state index in [-0.39, 0.29) is 26.4 Å². The smallest absolute Gasteiger partial charge is 0.356 e. The van der Waals surface area contributed by atoms with Gasteiger partial charge in [0.15, 0.2) is 0 Å². The number of hydrogen-bond acceptors (Lipinski definition) is 10. The van der Waals surface area contributed by atoms with Crippen molar-refractivity contribution in [3.8, 4) is 0 Å². The van der Waals surface area contributed by atoms with Gasteiger partial charge < -0.3 is 39.9 Å². The van der Waals surface area contributed by atoms with Gasteiger partial charge in [-0.05, 0) is 0 Å². The van der Waals surface area contributed by atoms with E-state index >= 15 is 0 Å². The Balaban J connectivity index is 4.01.